The largest absolute Gasteiger partial charge is 0.444 e. The molecular weight excluding hydrogens is 676 g/mol. The van der Waals surface area contributed by atoms with Gasteiger partial charge in [-0.2, -0.15) is 4.31 Å². The van der Waals surface area contributed by atoms with Gasteiger partial charge in [0.25, 0.3) is 0 Å². The van der Waals surface area contributed by atoms with E-state index in [1.54, 1.807) is 27.7 Å². The van der Waals surface area contributed by atoms with E-state index in [4.69, 9.17) is 10.5 Å². The molecule has 1 amide bonds. The summed E-state index contributed by atoms with van der Waals surface area (Å²) in [4.78, 5) is 32.2. The minimum atomic E-state index is -3.70. The van der Waals surface area contributed by atoms with Crippen molar-refractivity contribution in [2.24, 2.45) is 5.73 Å². The zero-order chi connectivity index (χ0) is 36.5. The van der Waals surface area contributed by atoms with Gasteiger partial charge in [0, 0.05) is 49.8 Å². The number of sulfonamides is 1. The molecule has 0 radical (unpaired) electrons. The van der Waals surface area contributed by atoms with Crippen LogP contribution in [0, 0.1) is 23.3 Å². The number of ketones is 1. The molecule has 1 aliphatic heterocycles. The highest BCUT2D eigenvalue weighted by Crippen LogP contribution is 2.36. The number of amides is 1. The van der Waals surface area contributed by atoms with Crippen LogP contribution in [0.1, 0.15) is 75.1 Å². The number of piperazine rings is 1. The monoisotopic (exact) mass is 718 g/mol. The number of halogens is 4. The third-order valence-corrected chi connectivity index (χ3v) is 11.6. The van der Waals surface area contributed by atoms with Crippen molar-refractivity contribution in [2.75, 3.05) is 13.1 Å². The average molecular weight is 719 g/mol. The molecule has 3 aromatic rings. The molecule has 14 heteroatoms. The molecule has 2 aromatic carbocycles. The molecule has 2 N–H and O–H groups in total. The van der Waals surface area contributed by atoms with Crippen molar-refractivity contribution in [3.63, 3.8) is 0 Å². The fraction of sp³-hybridized carbons (Fsp3) is 0.472. The first kappa shape index (κ1) is 37.4. The lowest BCUT2D eigenvalue weighted by molar-refractivity contribution is -0.120. The van der Waals surface area contributed by atoms with Gasteiger partial charge in [-0.05, 0) is 99.9 Å². The van der Waals surface area contributed by atoms with Crippen LogP contribution in [0.25, 0.3) is 0 Å². The SMILES string of the molecule is C[C@@H]1CN(C(=O)OC(C)(C)C)C[C@H](CCc2c(F)cncc2CC(=O)[C@@H](N)[C@@H](c2ccc(F)cc2)c2cc(F)cc(F)c2)N1S(=O)(=O)C1CC1. The van der Waals surface area contributed by atoms with Gasteiger partial charge < -0.3 is 15.4 Å². The lowest BCUT2D eigenvalue weighted by Crippen LogP contribution is -2.61. The maximum atomic E-state index is 15.5. The van der Waals surface area contributed by atoms with Gasteiger partial charge in [-0.25, -0.2) is 30.8 Å². The first-order valence-electron chi connectivity index (χ1n) is 16.6. The van der Waals surface area contributed by atoms with Crippen LogP contribution in [0.4, 0.5) is 22.4 Å². The van der Waals surface area contributed by atoms with Crippen LogP contribution in [0.2, 0.25) is 0 Å². The fourth-order valence-corrected chi connectivity index (χ4v) is 8.86. The van der Waals surface area contributed by atoms with E-state index in [1.807, 2.05) is 0 Å². The van der Waals surface area contributed by atoms with Crippen LogP contribution >= 0.6 is 0 Å². The Morgan fingerprint density at radius 3 is 2.20 bits per heavy atom. The first-order chi connectivity index (χ1) is 23.4. The predicted octanol–water partition coefficient (Wildman–Crippen LogP) is 5.64. The number of hydrogen-bond donors (Lipinski definition) is 1. The van der Waals surface area contributed by atoms with Crippen LogP contribution in [-0.2, 0) is 32.4 Å². The summed E-state index contributed by atoms with van der Waals surface area (Å²) in [5.41, 5.74) is 6.43. The zero-order valence-electron chi connectivity index (χ0n) is 28.4. The molecule has 5 rings (SSSR count). The fourth-order valence-electron chi connectivity index (χ4n) is 6.63. The van der Waals surface area contributed by atoms with Gasteiger partial charge in [0.15, 0.2) is 5.78 Å². The van der Waals surface area contributed by atoms with Gasteiger partial charge >= 0.3 is 6.09 Å². The summed E-state index contributed by atoms with van der Waals surface area (Å²) < 4.78 is 92.0. The van der Waals surface area contributed by atoms with Crippen LogP contribution in [0.5, 0.6) is 0 Å². The number of carbonyl (C=O) groups excluding carboxylic acids is 2. The number of carbonyl (C=O) groups is 2. The second-order valence-electron chi connectivity index (χ2n) is 14.2. The number of nitrogens with two attached hydrogens (primary N) is 1. The Labute approximate surface area is 289 Å². The molecule has 1 saturated carbocycles. The molecule has 2 heterocycles. The van der Waals surface area contributed by atoms with Crippen molar-refractivity contribution < 1.29 is 40.3 Å². The highest BCUT2D eigenvalue weighted by atomic mass is 32.2. The lowest BCUT2D eigenvalue weighted by Gasteiger charge is -2.45. The minimum absolute atomic E-state index is 0.00106. The van der Waals surface area contributed by atoms with Crippen LogP contribution < -0.4 is 5.73 Å². The molecular formula is C36H42F4N4O5S. The van der Waals surface area contributed by atoms with Crippen molar-refractivity contribution in [2.45, 2.75) is 94.7 Å². The molecule has 0 unspecified atom stereocenters. The second-order valence-corrected chi connectivity index (χ2v) is 16.3. The molecule has 50 heavy (non-hydrogen) atoms. The summed E-state index contributed by atoms with van der Waals surface area (Å²) in [6, 6.07) is 5.17. The van der Waals surface area contributed by atoms with E-state index in [-0.39, 0.29) is 42.6 Å². The van der Waals surface area contributed by atoms with Gasteiger partial charge in [-0.3, -0.25) is 9.78 Å². The Morgan fingerprint density at radius 1 is 0.960 bits per heavy atom. The van der Waals surface area contributed by atoms with Gasteiger partial charge in [0.2, 0.25) is 10.0 Å². The second kappa shape index (κ2) is 14.8. The van der Waals surface area contributed by atoms with Crippen LogP contribution in [0.3, 0.4) is 0 Å². The molecule has 0 bridgehead atoms. The van der Waals surface area contributed by atoms with E-state index in [1.165, 1.54) is 27.5 Å². The molecule has 9 nitrogen and oxygen atoms in total. The van der Waals surface area contributed by atoms with Crippen molar-refractivity contribution in [1.29, 1.82) is 0 Å². The molecule has 1 saturated heterocycles. The minimum Gasteiger partial charge on any atom is -0.444 e. The molecule has 2 fully saturated rings. The van der Waals surface area contributed by atoms with Gasteiger partial charge in [-0.1, -0.05) is 12.1 Å². The third kappa shape index (κ3) is 8.70. The normalized spacial score (nSPS) is 20.0. The van der Waals surface area contributed by atoms with Gasteiger partial charge in [0.05, 0.1) is 17.5 Å². The molecule has 1 aromatic heterocycles. The summed E-state index contributed by atoms with van der Waals surface area (Å²) in [7, 11) is -3.70. The molecule has 1 aliphatic carbocycles. The molecule has 4 atom stereocenters. The van der Waals surface area contributed by atoms with E-state index in [9.17, 15) is 31.2 Å². The van der Waals surface area contributed by atoms with E-state index in [0.29, 0.717) is 24.5 Å². The highest BCUT2D eigenvalue weighted by molar-refractivity contribution is 7.90. The number of aromatic nitrogens is 1. The average Bonchev–Trinajstić information content (AvgIpc) is 3.87. The topological polar surface area (TPSA) is 123 Å². The van der Waals surface area contributed by atoms with Crippen LogP contribution in [-0.4, -0.2) is 76.5 Å². The Hall–Kier alpha value is -3.88. The Kier molecular flexibility index (Phi) is 11.0. The molecule has 2 aliphatic rings. The summed E-state index contributed by atoms with van der Waals surface area (Å²) in [5.74, 6) is -4.71. The molecule has 0 spiro atoms. The van der Waals surface area contributed by atoms with E-state index >= 15 is 4.39 Å². The van der Waals surface area contributed by atoms with E-state index in [2.05, 4.69) is 4.98 Å². The number of rotatable bonds is 11. The van der Waals surface area contributed by atoms with Gasteiger partial charge in [-0.15, -0.1) is 0 Å². The number of pyridine rings is 1. The maximum Gasteiger partial charge on any atom is 0.410 e. The quantitative estimate of drug-likeness (QED) is 0.255. The van der Waals surface area contributed by atoms with Crippen LogP contribution in [0.15, 0.2) is 54.9 Å². The van der Waals surface area contributed by atoms with Crippen molar-refractivity contribution in [3.05, 3.63) is 100 Å². The predicted molar refractivity (Wildman–Crippen MR) is 179 cm³/mol. The van der Waals surface area contributed by atoms with E-state index < -0.39 is 86.5 Å². The number of hydrogen-bond acceptors (Lipinski definition) is 7. The number of benzene rings is 2. The van der Waals surface area contributed by atoms with Crippen molar-refractivity contribution in [3.8, 4) is 0 Å². The lowest BCUT2D eigenvalue weighted by atomic mass is 9.82. The Bertz CT molecular complexity index is 1810. The Morgan fingerprint density at radius 2 is 1.60 bits per heavy atom. The number of ether oxygens (including phenoxy) is 1. The summed E-state index contributed by atoms with van der Waals surface area (Å²) in [6.45, 7) is 7.09. The standard InChI is InChI=1S/C36H42F4N4O5S/c1-21-19-43(35(46)49-36(2,3)4)20-28(44(21)50(47,48)29-10-11-29)9-12-30-24(17-42-18-31(30)40)15-32(45)34(41)33(22-5-7-25(37)8-6-22)23-13-26(38)16-27(39)14-23/h5-8,13-14,16-18,21,28-29,33-34H,9-12,15,19-20,41H2,1-4H3/t21-,28+,33+,34-/m1/s1. The Balaban J connectivity index is 1.40. The maximum absolute atomic E-state index is 15.5. The summed E-state index contributed by atoms with van der Waals surface area (Å²) >= 11 is 0. The zero-order valence-corrected chi connectivity index (χ0v) is 29.2. The smallest absolute Gasteiger partial charge is 0.410 e. The summed E-state index contributed by atoms with van der Waals surface area (Å²) in [5, 5.41) is -0.506. The van der Waals surface area contributed by atoms with Crippen molar-refractivity contribution in [1.82, 2.24) is 14.2 Å². The van der Waals surface area contributed by atoms with E-state index in [0.717, 1.165) is 30.5 Å². The first-order valence-corrected chi connectivity index (χ1v) is 18.1. The highest BCUT2D eigenvalue weighted by Gasteiger charge is 2.48. The number of nitrogens with zero attached hydrogens (tertiary/aromatic N) is 3. The number of Topliss-reactive ketones (excluding diaryl/α,β-unsaturated/α-hetero) is 1. The summed E-state index contributed by atoms with van der Waals surface area (Å²) in [6.07, 6.45) is 2.54. The van der Waals surface area contributed by atoms with Crippen molar-refractivity contribution >= 4 is 21.9 Å². The molecule has 270 valence electrons. The van der Waals surface area contributed by atoms with Gasteiger partial charge in [0.1, 0.15) is 28.9 Å². The third-order valence-electron chi connectivity index (χ3n) is 8.99.